The molecule has 0 radical (unpaired) electrons. The average Bonchev–Trinajstić information content (AvgIpc) is 3.06. The summed E-state index contributed by atoms with van der Waals surface area (Å²) in [6, 6.07) is 1.53. The molecule has 8 nitrogen and oxygen atoms in total. The van der Waals surface area contributed by atoms with Crippen LogP contribution in [0.2, 0.25) is 5.02 Å². The van der Waals surface area contributed by atoms with Crippen molar-refractivity contribution in [1.82, 2.24) is 14.5 Å². The number of benzene rings is 1. The Hall–Kier alpha value is -3.32. The van der Waals surface area contributed by atoms with E-state index in [4.69, 9.17) is 22.1 Å². The number of carbonyl (C=O) groups is 1. The number of carbonyl (C=O) groups excluding carboxylic acids is 1. The van der Waals surface area contributed by atoms with Gasteiger partial charge in [-0.05, 0) is 34.1 Å². The van der Waals surface area contributed by atoms with Gasteiger partial charge in [-0.1, -0.05) is 18.2 Å². The molecule has 200 valence electrons. The first-order valence-electron chi connectivity index (χ1n) is 11.3. The van der Waals surface area contributed by atoms with E-state index in [-0.39, 0.29) is 63.0 Å². The normalized spacial score (nSPS) is 17.5. The maximum Gasteiger partial charge on any atom is 0.431 e. The van der Waals surface area contributed by atoms with E-state index in [1.54, 1.807) is 4.90 Å². The van der Waals surface area contributed by atoms with Crippen molar-refractivity contribution in [2.45, 2.75) is 18.6 Å². The summed E-state index contributed by atoms with van der Waals surface area (Å²) in [4.78, 5) is 33.3. The molecule has 2 aliphatic heterocycles. The van der Waals surface area contributed by atoms with Gasteiger partial charge in [0.1, 0.15) is 16.9 Å². The Kier molecular flexibility index (Phi) is 6.54. The molecule has 14 heteroatoms. The van der Waals surface area contributed by atoms with Crippen LogP contribution < -0.4 is 20.9 Å². The molecular formula is C24H19BrClF4N5O3. The van der Waals surface area contributed by atoms with E-state index in [9.17, 15) is 22.8 Å². The Labute approximate surface area is 226 Å². The lowest BCUT2D eigenvalue weighted by Crippen LogP contribution is -2.54. The van der Waals surface area contributed by atoms with Crippen molar-refractivity contribution in [3.63, 3.8) is 0 Å². The predicted octanol–water partition coefficient (Wildman–Crippen LogP) is 4.53. The molecule has 2 N–H and O–H groups in total. The topological polar surface area (TPSA) is 93.7 Å². The molecule has 0 bridgehead atoms. The van der Waals surface area contributed by atoms with Crippen molar-refractivity contribution in [2.75, 3.05) is 36.9 Å². The molecule has 0 aliphatic carbocycles. The number of hydrogen-bond donors (Lipinski definition) is 1. The molecule has 3 aromatic rings. The number of alkyl halides is 3. The van der Waals surface area contributed by atoms with Gasteiger partial charge in [0.2, 0.25) is 5.91 Å². The Morgan fingerprint density at radius 1 is 1.29 bits per heavy atom. The van der Waals surface area contributed by atoms with E-state index < -0.39 is 39.6 Å². The van der Waals surface area contributed by atoms with E-state index in [0.717, 1.165) is 12.1 Å². The second-order valence-electron chi connectivity index (χ2n) is 8.79. The number of nitrogen functional groups attached to an aromatic ring is 1. The van der Waals surface area contributed by atoms with Crippen molar-refractivity contribution in [2.24, 2.45) is 0 Å². The van der Waals surface area contributed by atoms with Gasteiger partial charge in [0, 0.05) is 35.9 Å². The third kappa shape index (κ3) is 4.17. The van der Waals surface area contributed by atoms with Gasteiger partial charge >= 0.3 is 6.18 Å². The second kappa shape index (κ2) is 9.45. The molecule has 0 saturated carbocycles. The Balaban J connectivity index is 1.80. The summed E-state index contributed by atoms with van der Waals surface area (Å²) >= 11 is 8.93. The summed E-state index contributed by atoms with van der Waals surface area (Å²) in [5.41, 5.74) is 1.83. The highest BCUT2D eigenvalue weighted by Crippen LogP contribution is 2.43. The fraction of sp³-hybridized carbons (Fsp3) is 0.292. The van der Waals surface area contributed by atoms with Crippen LogP contribution in [0, 0.1) is 5.82 Å². The van der Waals surface area contributed by atoms with E-state index in [0.29, 0.717) is 13.0 Å². The quantitative estimate of drug-likeness (QED) is 0.197. The Morgan fingerprint density at radius 2 is 2.03 bits per heavy atom. The van der Waals surface area contributed by atoms with Gasteiger partial charge in [-0.25, -0.2) is 9.37 Å². The van der Waals surface area contributed by atoms with E-state index in [1.165, 1.54) is 12.3 Å². The number of anilines is 2. The molecule has 0 spiro atoms. The molecule has 5 rings (SSSR count). The van der Waals surface area contributed by atoms with Crippen molar-refractivity contribution in [1.29, 1.82) is 0 Å². The standard InChI is InChI=1S/C24H19BrClF4N5O3/c1-2-17(36)33-4-5-34-11(10-33)3-6-38-15-9-32-20-12(21(15)34)7-16(24(28,29)30)35(23(20)37)22-18(27)14(26)8-13(25)19(22)31/h2,7-9,11H,1,3-6,10,31H2. The zero-order valence-electron chi connectivity index (χ0n) is 19.5. The first-order chi connectivity index (χ1) is 17.9. The molecule has 1 saturated heterocycles. The number of nitrogens with two attached hydrogens (primary N) is 1. The van der Waals surface area contributed by atoms with Gasteiger partial charge in [0.25, 0.3) is 5.56 Å². The van der Waals surface area contributed by atoms with Crippen LogP contribution in [0.5, 0.6) is 5.75 Å². The summed E-state index contributed by atoms with van der Waals surface area (Å²) in [5.74, 6) is -1.35. The Bertz CT molecular complexity index is 1540. The van der Waals surface area contributed by atoms with Crippen LogP contribution in [-0.4, -0.2) is 52.6 Å². The molecule has 2 aliphatic rings. The van der Waals surface area contributed by atoms with Gasteiger partial charge in [-0.2, -0.15) is 13.2 Å². The SMILES string of the molecule is C=CC(=O)N1CCN2c3c(cnc4c(=O)n(-c5c(N)c(Br)cc(Cl)c5F)c(C(F)(F)F)cc34)OCCC2C1. The average molecular weight is 617 g/mol. The van der Waals surface area contributed by atoms with Crippen LogP contribution in [0.25, 0.3) is 16.6 Å². The lowest BCUT2D eigenvalue weighted by molar-refractivity contribution is -0.142. The first kappa shape index (κ1) is 26.3. The van der Waals surface area contributed by atoms with Crippen LogP contribution in [0.15, 0.2) is 40.3 Å². The number of ether oxygens (including phenoxy) is 1. The maximum atomic E-state index is 15.1. The van der Waals surface area contributed by atoms with E-state index in [1.807, 2.05) is 4.90 Å². The summed E-state index contributed by atoms with van der Waals surface area (Å²) in [5, 5.41) is -0.647. The fourth-order valence-corrected chi connectivity index (χ4v) is 5.65. The van der Waals surface area contributed by atoms with Crippen LogP contribution in [-0.2, 0) is 11.0 Å². The third-order valence-electron chi connectivity index (χ3n) is 6.64. The molecule has 38 heavy (non-hydrogen) atoms. The van der Waals surface area contributed by atoms with Gasteiger partial charge in [-0.15, -0.1) is 0 Å². The highest BCUT2D eigenvalue weighted by atomic mass is 79.9. The molecule has 1 aromatic carbocycles. The molecule has 1 unspecified atom stereocenters. The molecular weight excluding hydrogens is 598 g/mol. The number of amides is 1. The summed E-state index contributed by atoms with van der Waals surface area (Å²) in [6.45, 7) is 4.57. The zero-order valence-corrected chi connectivity index (χ0v) is 21.8. The maximum absolute atomic E-state index is 15.1. The van der Waals surface area contributed by atoms with Gasteiger partial charge < -0.3 is 20.3 Å². The number of fused-ring (bicyclic) bond motifs is 5. The minimum Gasteiger partial charge on any atom is -0.490 e. The Morgan fingerprint density at radius 3 is 2.71 bits per heavy atom. The third-order valence-corrected chi connectivity index (χ3v) is 7.58. The van der Waals surface area contributed by atoms with Crippen molar-refractivity contribution < 1.29 is 27.1 Å². The number of pyridine rings is 2. The van der Waals surface area contributed by atoms with Crippen LogP contribution in [0.4, 0.5) is 28.9 Å². The number of halogens is 6. The number of hydrogen-bond acceptors (Lipinski definition) is 6. The summed E-state index contributed by atoms with van der Waals surface area (Å²) < 4.78 is 64.4. The predicted molar refractivity (Wildman–Crippen MR) is 137 cm³/mol. The summed E-state index contributed by atoms with van der Waals surface area (Å²) in [6.07, 6.45) is -2.16. The largest absolute Gasteiger partial charge is 0.490 e. The van der Waals surface area contributed by atoms with Crippen LogP contribution in [0.1, 0.15) is 12.1 Å². The van der Waals surface area contributed by atoms with E-state index in [2.05, 4.69) is 27.5 Å². The number of nitrogens with zero attached hydrogens (tertiary/aromatic N) is 4. The minimum absolute atomic E-state index is 0.0112. The van der Waals surface area contributed by atoms with Crippen LogP contribution >= 0.6 is 27.5 Å². The molecule has 1 amide bonds. The smallest absolute Gasteiger partial charge is 0.431 e. The molecule has 2 aromatic heterocycles. The monoisotopic (exact) mass is 615 g/mol. The van der Waals surface area contributed by atoms with E-state index >= 15 is 4.39 Å². The highest BCUT2D eigenvalue weighted by Gasteiger charge is 2.40. The summed E-state index contributed by atoms with van der Waals surface area (Å²) in [7, 11) is 0. The second-order valence-corrected chi connectivity index (χ2v) is 10.1. The van der Waals surface area contributed by atoms with Gasteiger partial charge in [0.05, 0.1) is 35.2 Å². The highest BCUT2D eigenvalue weighted by molar-refractivity contribution is 9.10. The van der Waals surface area contributed by atoms with Crippen molar-refractivity contribution in [3.8, 4) is 11.4 Å². The zero-order chi connectivity index (χ0) is 27.5. The molecule has 4 heterocycles. The van der Waals surface area contributed by atoms with Crippen molar-refractivity contribution >= 4 is 55.7 Å². The van der Waals surface area contributed by atoms with Gasteiger partial charge in [-0.3, -0.25) is 14.2 Å². The number of piperazine rings is 1. The fourth-order valence-electron chi connectivity index (χ4n) is 4.90. The van der Waals surface area contributed by atoms with Gasteiger partial charge in [0.15, 0.2) is 11.6 Å². The lowest BCUT2D eigenvalue weighted by atomic mass is 10.1. The lowest BCUT2D eigenvalue weighted by Gasteiger charge is -2.41. The first-order valence-corrected chi connectivity index (χ1v) is 12.5. The number of rotatable bonds is 2. The minimum atomic E-state index is -5.09. The molecule has 1 atom stereocenters. The van der Waals surface area contributed by atoms with Crippen molar-refractivity contribution in [3.05, 3.63) is 62.3 Å². The molecule has 1 fully saturated rings. The van der Waals surface area contributed by atoms with Crippen LogP contribution in [0.3, 0.4) is 0 Å². The number of aromatic nitrogens is 2.